The molecule has 0 saturated heterocycles. The van der Waals surface area contributed by atoms with Crippen LogP contribution < -0.4 is 4.90 Å². The van der Waals surface area contributed by atoms with Crippen LogP contribution in [0.4, 0.5) is 17.1 Å². The summed E-state index contributed by atoms with van der Waals surface area (Å²) in [5.41, 5.74) is 5.16. The Labute approximate surface area is 263 Å². The molecule has 0 spiro atoms. The molecule has 8 aromatic carbocycles. The lowest BCUT2D eigenvalue weighted by atomic mass is 9.96. The van der Waals surface area contributed by atoms with E-state index in [4.69, 9.17) is 4.42 Å². The first kappa shape index (κ1) is 24.8. The number of para-hydroxylation sites is 1. The molecule has 0 unspecified atom stereocenters. The van der Waals surface area contributed by atoms with E-state index >= 15 is 0 Å². The van der Waals surface area contributed by atoms with Gasteiger partial charge in [0.15, 0.2) is 0 Å². The van der Waals surface area contributed by atoms with Gasteiger partial charge in [0, 0.05) is 48.0 Å². The highest BCUT2D eigenvalue weighted by molar-refractivity contribution is 7.25. The van der Waals surface area contributed by atoms with Crippen molar-refractivity contribution in [3.63, 3.8) is 0 Å². The van der Waals surface area contributed by atoms with Crippen LogP contribution in [0.3, 0.4) is 0 Å². The standard InChI is InChI=1S/C42H25NOS/c1-2-8-32-26(7-1)13-14-27-15-16-28-23-29(17-20-33(28)42(27)32)43(30-19-22-39-37(24-30)34-9-3-5-11-38(34)44-39)31-18-21-36-35-10-4-6-12-40(35)45-41(36)25-31/h1-25H. The van der Waals surface area contributed by atoms with Crippen molar-refractivity contribution in [3.8, 4) is 0 Å². The van der Waals surface area contributed by atoms with Crippen LogP contribution in [0.25, 0.3) is 74.4 Å². The van der Waals surface area contributed by atoms with E-state index in [1.165, 1.54) is 52.5 Å². The molecule has 2 aromatic heterocycles. The second kappa shape index (κ2) is 9.43. The average molecular weight is 592 g/mol. The first-order valence-corrected chi connectivity index (χ1v) is 16.1. The predicted octanol–water partition coefficient (Wildman–Crippen LogP) is 12.9. The Balaban J connectivity index is 1.23. The van der Waals surface area contributed by atoms with E-state index in [1.54, 1.807) is 0 Å². The number of hydrogen-bond donors (Lipinski definition) is 0. The van der Waals surface area contributed by atoms with Crippen LogP contribution >= 0.6 is 11.3 Å². The van der Waals surface area contributed by atoms with Crippen LogP contribution in [0.2, 0.25) is 0 Å². The first-order chi connectivity index (χ1) is 22.3. The molecule has 0 radical (unpaired) electrons. The summed E-state index contributed by atoms with van der Waals surface area (Å²) in [5, 5.41) is 12.5. The molecular weight excluding hydrogens is 567 g/mol. The third-order valence-corrected chi connectivity index (χ3v) is 10.3. The number of hydrogen-bond acceptors (Lipinski definition) is 3. The molecule has 0 saturated carbocycles. The van der Waals surface area contributed by atoms with Gasteiger partial charge < -0.3 is 9.32 Å². The summed E-state index contributed by atoms with van der Waals surface area (Å²) in [6.07, 6.45) is 0. The Kier molecular flexibility index (Phi) is 5.19. The van der Waals surface area contributed by atoms with Gasteiger partial charge in [-0.3, -0.25) is 0 Å². The smallest absolute Gasteiger partial charge is 0.135 e. The van der Waals surface area contributed by atoms with Gasteiger partial charge in [-0.2, -0.15) is 0 Å². The van der Waals surface area contributed by atoms with Gasteiger partial charge in [0.1, 0.15) is 11.2 Å². The van der Waals surface area contributed by atoms with E-state index in [0.29, 0.717) is 0 Å². The van der Waals surface area contributed by atoms with E-state index in [1.807, 2.05) is 23.5 Å². The van der Waals surface area contributed by atoms with Gasteiger partial charge in [0.05, 0.1) is 0 Å². The largest absolute Gasteiger partial charge is 0.456 e. The molecule has 0 N–H and O–H groups in total. The molecule has 0 fully saturated rings. The molecule has 210 valence electrons. The summed E-state index contributed by atoms with van der Waals surface area (Å²) < 4.78 is 8.80. The summed E-state index contributed by atoms with van der Waals surface area (Å²) >= 11 is 1.85. The molecule has 3 heteroatoms. The lowest BCUT2D eigenvalue weighted by Crippen LogP contribution is -2.09. The van der Waals surface area contributed by atoms with Crippen LogP contribution in [0.5, 0.6) is 0 Å². The number of benzene rings is 8. The normalized spacial score (nSPS) is 12.0. The fourth-order valence-electron chi connectivity index (χ4n) is 7.12. The van der Waals surface area contributed by atoms with Crippen molar-refractivity contribution in [1.29, 1.82) is 0 Å². The molecule has 0 aliphatic rings. The molecule has 10 rings (SSSR count). The van der Waals surface area contributed by atoms with Crippen molar-refractivity contribution >= 4 is 103 Å². The van der Waals surface area contributed by atoms with Crippen LogP contribution in [-0.2, 0) is 0 Å². The molecule has 45 heavy (non-hydrogen) atoms. The number of rotatable bonds is 3. The van der Waals surface area contributed by atoms with Crippen molar-refractivity contribution < 1.29 is 4.42 Å². The van der Waals surface area contributed by atoms with Crippen molar-refractivity contribution in [2.75, 3.05) is 4.90 Å². The number of anilines is 3. The second-order valence-electron chi connectivity index (χ2n) is 11.7. The molecule has 2 nitrogen and oxygen atoms in total. The highest BCUT2D eigenvalue weighted by Gasteiger charge is 2.18. The number of fused-ring (bicyclic) bond motifs is 11. The monoisotopic (exact) mass is 591 g/mol. The van der Waals surface area contributed by atoms with E-state index in [0.717, 1.165) is 39.0 Å². The van der Waals surface area contributed by atoms with Gasteiger partial charge in [-0.05, 0) is 86.9 Å². The molecule has 0 atom stereocenters. The van der Waals surface area contributed by atoms with Gasteiger partial charge in [0.2, 0.25) is 0 Å². The van der Waals surface area contributed by atoms with Crippen LogP contribution in [-0.4, -0.2) is 0 Å². The van der Waals surface area contributed by atoms with Gasteiger partial charge in [-0.15, -0.1) is 11.3 Å². The Morgan fingerprint density at radius 1 is 0.378 bits per heavy atom. The maximum atomic E-state index is 6.21. The zero-order chi connectivity index (χ0) is 29.5. The Morgan fingerprint density at radius 2 is 0.978 bits per heavy atom. The summed E-state index contributed by atoms with van der Waals surface area (Å²) in [7, 11) is 0. The first-order valence-electron chi connectivity index (χ1n) is 15.3. The number of nitrogens with zero attached hydrogens (tertiary/aromatic N) is 1. The van der Waals surface area contributed by atoms with Crippen LogP contribution in [0.1, 0.15) is 0 Å². The van der Waals surface area contributed by atoms with E-state index < -0.39 is 0 Å². The van der Waals surface area contributed by atoms with Gasteiger partial charge in [-0.1, -0.05) is 97.1 Å². The van der Waals surface area contributed by atoms with Crippen molar-refractivity contribution in [2.45, 2.75) is 0 Å². The van der Waals surface area contributed by atoms with E-state index in [9.17, 15) is 0 Å². The van der Waals surface area contributed by atoms with Crippen LogP contribution in [0.15, 0.2) is 156 Å². The zero-order valence-electron chi connectivity index (χ0n) is 24.2. The summed E-state index contributed by atoms with van der Waals surface area (Å²) in [6, 6.07) is 55.0. The van der Waals surface area contributed by atoms with E-state index in [2.05, 4.69) is 144 Å². The topological polar surface area (TPSA) is 16.4 Å². The zero-order valence-corrected chi connectivity index (χ0v) is 25.0. The average Bonchev–Trinajstić information content (AvgIpc) is 3.66. The summed E-state index contributed by atoms with van der Waals surface area (Å²) in [6.45, 7) is 0. The minimum atomic E-state index is 0.900. The fraction of sp³-hybridized carbons (Fsp3) is 0. The summed E-state index contributed by atoms with van der Waals surface area (Å²) in [4.78, 5) is 2.39. The maximum Gasteiger partial charge on any atom is 0.135 e. The van der Waals surface area contributed by atoms with Crippen LogP contribution in [0, 0.1) is 0 Å². The molecule has 0 amide bonds. The molecule has 2 heterocycles. The molecule has 0 bridgehead atoms. The molecule has 10 aromatic rings. The Morgan fingerprint density at radius 3 is 1.89 bits per heavy atom. The summed E-state index contributed by atoms with van der Waals surface area (Å²) in [5.74, 6) is 0. The van der Waals surface area contributed by atoms with Crippen molar-refractivity contribution in [1.82, 2.24) is 0 Å². The molecule has 0 aliphatic carbocycles. The lowest BCUT2D eigenvalue weighted by molar-refractivity contribution is 0.669. The molecule has 0 aliphatic heterocycles. The number of thiophene rings is 1. The third-order valence-electron chi connectivity index (χ3n) is 9.21. The van der Waals surface area contributed by atoms with E-state index in [-0.39, 0.29) is 0 Å². The molecular formula is C42H25NOS. The Bertz CT molecular complexity index is 2790. The van der Waals surface area contributed by atoms with Crippen molar-refractivity contribution in [3.05, 3.63) is 152 Å². The van der Waals surface area contributed by atoms with Crippen molar-refractivity contribution in [2.24, 2.45) is 0 Å². The van der Waals surface area contributed by atoms with Gasteiger partial charge in [-0.25, -0.2) is 0 Å². The maximum absolute atomic E-state index is 6.21. The minimum Gasteiger partial charge on any atom is -0.456 e. The third kappa shape index (κ3) is 3.75. The quantitative estimate of drug-likeness (QED) is 0.190. The minimum absolute atomic E-state index is 0.900. The Hall–Kier alpha value is -5.64. The lowest BCUT2D eigenvalue weighted by Gasteiger charge is -2.26. The van der Waals surface area contributed by atoms with Gasteiger partial charge in [0.25, 0.3) is 0 Å². The highest BCUT2D eigenvalue weighted by Crippen LogP contribution is 2.43. The highest BCUT2D eigenvalue weighted by atomic mass is 32.1. The fourth-order valence-corrected chi connectivity index (χ4v) is 8.26. The SMILES string of the molecule is c1ccc2c(c1)ccc1ccc3cc(N(c4ccc5c(c4)sc4ccccc45)c4ccc5oc6ccccc6c5c4)ccc3c12. The number of furan rings is 1. The predicted molar refractivity (Wildman–Crippen MR) is 194 cm³/mol. The van der Waals surface area contributed by atoms with Gasteiger partial charge >= 0.3 is 0 Å². The second-order valence-corrected chi connectivity index (χ2v) is 12.8.